The zero-order valence-electron chi connectivity index (χ0n) is 15.1. The summed E-state index contributed by atoms with van der Waals surface area (Å²) < 4.78 is 8.11. The third-order valence-corrected chi connectivity index (χ3v) is 4.46. The van der Waals surface area contributed by atoms with Crippen molar-refractivity contribution in [3.63, 3.8) is 0 Å². The van der Waals surface area contributed by atoms with Crippen molar-refractivity contribution in [1.82, 2.24) is 15.1 Å². The van der Waals surface area contributed by atoms with Crippen molar-refractivity contribution in [2.75, 3.05) is 13.7 Å². The second-order valence-corrected chi connectivity index (χ2v) is 6.45. The molecule has 1 fully saturated rings. The smallest absolute Gasteiger partial charge is 0.212 e. The average molecular weight is 329 g/mol. The molecule has 24 heavy (non-hydrogen) atoms. The lowest BCUT2D eigenvalue weighted by molar-refractivity contribution is 0.266. The Hall–Kier alpha value is -1.81. The first-order valence-corrected chi connectivity index (χ1v) is 9.05. The molecule has 0 radical (unpaired) electrons. The number of rotatable bonds is 9. The molecule has 1 N–H and O–H groups in total. The van der Waals surface area contributed by atoms with E-state index >= 15 is 0 Å². The molecule has 4 heteroatoms. The maximum absolute atomic E-state index is 6.06. The van der Waals surface area contributed by atoms with Crippen LogP contribution in [0.15, 0.2) is 42.5 Å². The van der Waals surface area contributed by atoms with Crippen LogP contribution in [0, 0.1) is 5.92 Å². The molecule has 1 saturated carbocycles. The predicted octanol–water partition coefficient (Wildman–Crippen LogP) is 4.25. The van der Waals surface area contributed by atoms with Crippen LogP contribution in [0.3, 0.4) is 0 Å². The molecule has 2 rings (SSSR count). The molecule has 0 spiro atoms. The summed E-state index contributed by atoms with van der Waals surface area (Å²) >= 11 is 0. The molecule has 1 aliphatic carbocycles. The van der Waals surface area contributed by atoms with Crippen LogP contribution in [-0.2, 0) is 13.1 Å². The van der Waals surface area contributed by atoms with Crippen LogP contribution in [0.4, 0.5) is 0 Å². The Balaban J connectivity index is 2.06. The molecule has 1 heterocycles. The van der Waals surface area contributed by atoms with Crippen molar-refractivity contribution in [2.45, 2.75) is 52.1 Å². The maximum atomic E-state index is 6.06. The Morgan fingerprint density at radius 1 is 1.42 bits per heavy atom. The van der Waals surface area contributed by atoms with Crippen molar-refractivity contribution in [2.24, 2.45) is 5.92 Å². The summed E-state index contributed by atoms with van der Waals surface area (Å²) in [6.45, 7) is 8.10. The number of allylic oxidation sites excluding steroid dienone is 3. The Bertz CT molecular complexity index is 565. The summed E-state index contributed by atoms with van der Waals surface area (Å²) in [4.78, 5) is 0. The Kier molecular flexibility index (Phi) is 7.83. The molecule has 0 bridgehead atoms. The van der Waals surface area contributed by atoms with Gasteiger partial charge in [0, 0.05) is 19.2 Å². The van der Waals surface area contributed by atoms with Crippen LogP contribution in [-0.4, -0.2) is 23.4 Å². The van der Waals surface area contributed by atoms with Gasteiger partial charge < -0.3 is 10.1 Å². The number of nitrogens with zero attached hydrogens (tertiary/aromatic N) is 2. The first-order valence-electron chi connectivity index (χ1n) is 9.05. The molecule has 0 aromatic carbocycles. The molecule has 0 unspecified atom stereocenters. The molecule has 0 amide bonds. The second kappa shape index (κ2) is 10.1. The molecule has 1 aromatic heterocycles. The highest BCUT2D eigenvalue weighted by Crippen LogP contribution is 2.27. The van der Waals surface area contributed by atoms with E-state index in [2.05, 4.69) is 22.6 Å². The van der Waals surface area contributed by atoms with Gasteiger partial charge in [-0.25, -0.2) is 4.68 Å². The van der Waals surface area contributed by atoms with Crippen LogP contribution in [0.25, 0.3) is 0 Å². The third-order valence-electron chi connectivity index (χ3n) is 4.46. The zero-order valence-corrected chi connectivity index (χ0v) is 15.1. The van der Waals surface area contributed by atoms with Gasteiger partial charge in [0.25, 0.3) is 0 Å². The predicted molar refractivity (Wildman–Crippen MR) is 100 cm³/mol. The van der Waals surface area contributed by atoms with Crippen LogP contribution in [0.5, 0.6) is 5.88 Å². The van der Waals surface area contributed by atoms with Crippen molar-refractivity contribution in [3.8, 4) is 5.88 Å². The molecule has 1 aromatic rings. The lowest BCUT2D eigenvalue weighted by atomic mass is 9.89. The Labute approximate surface area is 146 Å². The Morgan fingerprint density at radius 3 is 2.88 bits per heavy atom. The van der Waals surface area contributed by atoms with Crippen molar-refractivity contribution in [1.29, 1.82) is 0 Å². The molecular weight excluding hydrogens is 298 g/mol. The fourth-order valence-corrected chi connectivity index (χ4v) is 3.13. The van der Waals surface area contributed by atoms with E-state index in [9.17, 15) is 0 Å². The molecule has 4 nitrogen and oxygen atoms in total. The van der Waals surface area contributed by atoms with Gasteiger partial charge in [0.05, 0.1) is 5.69 Å². The fraction of sp³-hybridized carbons (Fsp3) is 0.550. The van der Waals surface area contributed by atoms with Gasteiger partial charge >= 0.3 is 0 Å². The standard InChI is InChI=1S/C20H31N3O/c1-4-6-10-17(5-2)16-24-20-13-19(14-21-3)22-23(20)15-18-11-8-7-9-12-18/h4-6,10,13,18,21H,2,7-9,11-12,14-16H2,1,3H3/b6-4-,17-10+. The lowest BCUT2D eigenvalue weighted by Gasteiger charge is -2.22. The molecule has 0 saturated heterocycles. The van der Waals surface area contributed by atoms with E-state index in [-0.39, 0.29) is 0 Å². The minimum absolute atomic E-state index is 0.517. The van der Waals surface area contributed by atoms with Crippen LogP contribution in [0.1, 0.15) is 44.7 Å². The first-order chi connectivity index (χ1) is 11.8. The number of ether oxygens (including phenoxy) is 1. The van der Waals surface area contributed by atoms with E-state index in [0.29, 0.717) is 6.61 Å². The SMILES string of the molecule is C=C/C(=C\C=C/C)COc1cc(CNC)nn1CC1CCCCC1. The number of hydrogen-bond donors (Lipinski definition) is 1. The van der Waals surface area contributed by atoms with E-state index in [1.807, 2.05) is 38.3 Å². The second-order valence-electron chi connectivity index (χ2n) is 6.45. The maximum Gasteiger partial charge on any atom is 0.212 e. The monoisotopic (exact) mass is 329 g/mol. The van der Waals surface area contributed by atoms with Crippen LogP contribution < -0.4 is 10.1 Å². The highest BCUT2D eigenvalue weighted by molar-refractivity contribution is 5.24. The summed E-state index contributed by atoms with van der Waals surface area (Å²) in [6.07, 6.45) is 14.6. The molecule has 1 aliphatic rings. The summed E-state index contributed by atoms with van der Waals surface area (Å²) in [5, 5.41) is 7.89. The van der Waals surface area contributed by atoms with Gasteiger partial charge in [-0.15, -0.1) is 0 Å². The lowest BCUT2D eigenvalue weighted by Crippen LogP contribution is -2.17. The van der Waals surface area contributed by atoms with Crippen LogP contribution in [0.2, 0.25) is 0 Å². The number of aromatic nitrogens is 2. The fourth-order valence-electron chi connectivity index (χ4n) is 3.13. The molecule has 132 valence electrons. The van der Waals surface area contributed by atoms with Crippen LogP contribution >= 0.6 is 0 Å². The van der Waals surface area contributed by atoms with Gasteiger partial charge in [0.1, 0.15) is 6.61 Å². The highest BCUT2D eigenvalue weighted by atomic mass is 16.5. The van der Waals surface area contributed by atoms with Gasteiger partial charge in [0.15, 0.2) is 0 Å². The largest absolute Gasteiger partial charge is 0.473 e. The van der Waals surface area contributed by atoms with Crippen molar-refractivity contribution < 1.29 is 4.74 Å². The molecular formula is C20H31N3O. The van der Waals surface area contributed by atoms with Gasteiger partial charge in [-0.3, -0.25) is 0 Å². The van der Waals surface area contributed by atoms with E-state index in [4.69, 9.17) is 9.84 Å². The molecule has 0 atom stereocenters. The summed E-state index contributed by atoms with van der Waals surface area (Å²) in [5.74, 6) is 1.58. The minimum atomic E-state index is 0.517. The van der Waals surface area contributed by atoms with E-state index in [1.165, 1.54) is 32.1 Å². The van der Waals surface area contributed by atoms with Crippen molar-refractivity contribution in [3.05, 3.63) is 48.2 Å². The van der Waals surface area contributed by atoms with Gasteiger partial charge in [0.2, 0.25) is 5.88 Å². The van der Waals surface area contributed by atoms with E-state index < -0.39 is 0 Å². The molecule has 0 aliphatic heterocycles. The quantitative estimate of drug-likeness (QED) is 0.688. The van der Waals surface area contributed by atoms with Gasteiger partial charge in [-0.05, 0) is 38.3 Å². The summed E-state index contributed by atoms with van der Waals surface area (Å²) in [7, 11) is 1.94. The van der Waals surface area contributed by atoms with Gasteiger partial charge in [-0.1, -0.05) is 50.1 Å². The Morgan fingerprint density at radius 2 is 2.21 bits per heavy atom. The number of hydrogen-bond acceptors (Lipinski definition) is 3. The normalized spacial score (nSPS) is 16.7. The topological polar surface area (TPSA) is 39.1 Å². The minimum Gasteiger partial charge on any atom is -0.473 e. The van der Waals surface area contributed by atoms with Gasteiger partial charge in [-0.2, -0.15) is 5.10 Å². The first kappa shape index (κ1) is 18.5. The van der Waals surface area contributed by atoms with E-state index in [0.717, 1.165) is 36.2 Å². The summed E-state index contributed by atoms with van der Waals surface area (Å²) in [6, 6.07) is 2.05. The summed E-state index contributed by atoms with van der Waals surface area (Å²) in [5.41, 5.74) is 2.09. The zero-order chi connectivity index (χ0) is 17.2. The van der Waals surface area contributed by atoms with Crippen molar-refractivity contribution >= 4 is 0 Å². The van der Waals surface area contributed by atoms with E-state index in [1.54, 1.807) is 0 Å². The third kappa shape index (κ3) is 5.68. The average Bonchev–Trinajstić information content (AvgIpc) is 2.98. The highest BCUT2D eigenvalue weighted by Gasteiger charge is 2.17. The number of nitrogens with one attached hydrogen (secondary N) is 1.